The van der Waals surface area contributed by atoms with Crippen molar-refractivity contribution in [1.82, 2.24) is 15.1 Å². The number of hydrogen-bond acceptors (Lipinski definition) is 3. The van der Waals surface area contributed by atoms with Crippen LogP contribution in [0.15, 0.2) is 30.3 Å². The topological polar surface area (TPSA) is 35.6 Å². The summed E-state index contributed by atoms with van der Waals surface area (Å²) in [5.41, 5.74) is 1.72. The third-order valence-electron chi connectivity index (χ3n) is 5.76. The van der Waals surface area contributed by atoms with Crippen LogP contribution in [0.1, 0.15) is 31.7 Å². The SMILES string of the molecule is CC(C(=O)N1CCC2(CCNC2)CC1)N(C)Cc1ccccc1.Cl.Cl. The molecule has 2 heterocycles. The number of halogens is 2. The molecule has 4 nitrogen and oxygen atoms in total. The maximum Gasteiger partial charge on any atom is 0.239 e. The Bertz CT molecular complexity index is 525. The van der Waals surface area contributed by atoms with Gasteiger partial charge in [0, 0.05) is 26.2 Å². The Morgan fingerprint density at radius 2 is 1.84 bits per heavy atom. The van der Waals surface area contributed by atoms with Crippen LogP contribution in [0.2, 0.25) is 0 Å². The summed E-state index contributed by atoms with van der Waals surface area (Å²) in [4.78, 5) is 17.0. The second-order valence-corrected chi connectivity index (χ2v) is 7.33. The van der Waals surface area contributed by atoms with Crippen LogP contribution in [-0.4, -0.2) is 55.0 Å². The Morgan fingerprint density at radius 1 is 1.20 bits per heavy atom. The van der Waals surface area contributed by atoms with Gasteiger partial charge in [0.15, 0.2) is 0 Å². The van der Waals surface area contributed by atoms with E-state index in [1.54, 1.807) is 0 Å². The fourth-order valence-electron chi connectivity index (χ4n) is 3.88. The third-order valence-corrected chi connectivity index (χ3v) is 5.76. The van der Waals surface area contributed by atoms with Gasteiger partial charge in [0.05, 0.1) is 6.04 Å². The van der Waals surface area contributed by atoms with Crippen molar-refractivity contribution in [2.45, 2.75) is 38.8 Å². The van der Waals surface area contributed by atoms with Crippen molar-refractivity contribution < 1.29 is 4.79 Å². The van der Waals surface area contributed by atoms with Crippen molar-refractivity contribution in [3.05, 3.63) is 35.9 Å². The Morgan fingerprint density at radius 3 is 2.40 bits per heavy atom. The van der Waals surface area contributed by atoms with Gasteiger partial charge < -0.3 is 10.2 Å². The lowest BCUT2D eigenvalue weighted by molar-refractivity contribution is -0.138. The van der Waals surface area contributed by atoms with Crippen LogP contribution in [-0.2, 0) is 11.3 Å². The highest BCUT2D eigenvalue weighted by Gasteiger charge is 2.38. The van der Waals surface area contributed by atoms with Crippen molar-refractivity contribution in [2.24, 2.45) is 5.41 Å². The number of carbonyl (C=O) groups is 1. The summed E-state index contributed by atoms with van der Waals surface area (Å²) in [6.07, 6.45) is 3.58. The van der Waals surface area contributed by atoms with Gasteiger partial charge in [-0.2, -0.15) is 0 Å². The van der Waals surface area contributed by atoms with E-state index >= 15 is 0 Å². The number of nitrogens with zero attached hydrogens (tertiary/aromatic N) is 2. The zero-order valence-electron chi connectivity index (χ0n) is 15.2. The second kappa shape index (κ2) is 9.77. The monoisotopic (exact) mass is 387 g/mol. The molecule has 1 N–H and O–H groups in total. The molecule has 2 aliphatic rings. The van der Waals surface area contributed by atoms with Gasteiger partial charge in [-0.3, -0.25) is 9.69 Å². The fraction of sp³-hybridized carbons (Fsp3) is 0.632. The predicted octanol–water partition coefficient (Wildman–Crippen LogP) is 2.95. The van der Waals surface area contributed by atoms with E-state index in [4.69, 9.17) is 0 Å². The number of hydrogen-bond donors (Lipinski definition) is 1. The van der Waals surface area contributed by atoms with Gasteiger partial charge in [0.25, 0.3) is 0 Å². The number of likely N-dealkylation sites (tertiary alicyclic amines) is 1. The van der Waals surface area contributed by atoms with Crippen molar-refractivity contribution >= 4 is 30.7 Å². The molecule has 2 fully saturated rings. The zero-order valence-corrected chi connectivity index (χ0v) is 16.9. The molecule has 1 spiro atoms. The maximum atomic E-state index is 12.8. The predicted molar refractivity (Wildman–Crippen MR) is 108 cm³/mol. The highest BCUT2D eigenvalue weighted by Crippen LogP contribution is 2.37. The minimum atomic E-state index is -0.0639. The van der Waals surface area contributed by atoms with Gasteiger partial charge >= 0.3 is 0 Å². The van der Waals surface area contributed by atoms with E-state index in [0.29, 0.717) is 5.41 Å². The smallest absolute Gasteiger partial charge is 0.239 e. The Labute approximate surface area is 164 Å². The summed E-state index contributed by atoms with van der Waals surface area (Å²) in [6, 6.07) is 10.3. The fourth-order valence-corrected chi connectivity index (χ4v) is 3.88. The minimum Gasteiger partial charge on any atom is -0.341 e. The highest BCUT2D eigenvalue weighted by molar-refractivity contribution is 5.85. The standard InChI is InChI=1S/C19H29N3O.2ClH/c1-16(21(2)14-17-6-4-3-5-7-17)18(23)22-12-9-19(10-13-22)8-11-20-15-19;;/h3-7,16,20H,8-15H2,1-2H3;2*1H. The van der Waals surface area contributed by atoms with Crippen molar-refractivity contribution in [2.75, 3.05) is 33.2 Å². The number of likely N-dealkylation sites (N-methyl/N-ethyl adjacent to an activating group) is 1. The molecule has 0 saturated carbocycles. The van der Waals surface area contributed by atoms with E-state index in [2.05, 4.69) is 39.4 Å². The number of benzene rings is 1. The van der Waals surface area contributed by atoms with Crippen LogP contribution in [0.25, 0.3) is 0 Å². The molecule has 1 atom stereocenters. The lowest BCUT2D eigenvalue weighted by Crippen LogP contribution is -2.50. The van der Waals surface area contributed by atoms with Crippen molar-refractivity contribution in [3.8, 4) is 0 Å². The lowest BCUT2D eigenvalue weighted by Gasteiger charge is -2.40. The summed E-state index contributed by atoms with van der Waals surface area (Å²) < 4.78 is 0. The number of nitrogens with one attached hydrogen (secondary N) is 1. The molecule has 1 aromatic rings. The van der Waals surface area contributed by atoms with Crippen LogP contribution >= 0.6 is 24.8 Å². The summed E-state index contributed by atoms with van der Waals surface area (Å²) in [7, 11) is 2.04. The average Bonchev–Trinajstić information content (AvgIpc) is 3.03. The molecule has 2 aliphatic heterocycles. The van der Waals surface area contributed by atoms with E-state index in [9.17, 15) is 4.79 Å². The Hall–Kier alpha value is -0.810. The Kier molecular flexibility index (Phi) is 8.69. The third kappa shape index (κ3) is 5.33. The molecular weight excluding hydrogens is 357 g/mol. The lowest BCUT2D eigenvalue weighted by atomic mass is 9.78. The van der Waals surface area contributed by atoms with Gasteiger partial charge in [-0.15, -0.1) is 24.8 Å². The largest absolute Gasteiger partial charge is 0.341 e. The van der Waals surface area contributed by atoms with E-state index in [1.807, 2.05) is 20.0 Å². The van der Waals surface area contributed by atoms with Crippen LogP contribution in [0, 0.1) is 5.41 Å². The molecule has 0 aromatic heterocycles. The average molecular weight is 388 g/mol. The molecule has 0 aliphatic carbocycles. The van der Waals surface area contributed by atoms with Crippen LogP contribution in [0.5, 0.6) is 0 Å². The number of amides is 1. The summed E-state index contributed by atoms with van der Waals surface area (Å²) in [5.74, 6) is 0.282. The van der Waals surface area contributed by atoms with Crippen LogP contribution in [0.3, 0.4) is 0 Å². The number of piperidine rings is 1. The van der Waals surface area contributed by atoms with Gasteiger partial charge in [-0.05, 0) is 50.8 Å². The zero-order chi connectivity index (χ0) is 16.3. The van der Waals surface area contributed by atoms with E-state index in [-0.39, 0.29) is 36.8 Å². The first-order chi connectivity index (χ1) is 11.1. The van der Waals surface area contributed by atoms with Gasteiger partial charge in [0.1, 0.15) is 0 Å². The van der Waals surface area contributed by atoms with Crippen LogP contribution in [0.4, 0.5) is 0 Å². The molecule has 6 heteroatoms. The van der Waals surface area contributed by atoms with Gasteiger partial charge in [-0.25, -0.2) is 0 Å². The number of rotatable bonds is 4. The minimum absolute atomic E-state index is 0. The summed E-state index contributed by atoms with van der Waals surface area (Å²) in [5, 5.41) is 3.48. The van der Waals surface area contributed by atoms with Crippen molar-refractivity contribution in [1.29, 1.82) is 0 Å². The molecule has 2 saturated heterocycles. The van der Waals surface area contributed by atoms with E-state index in [0.717, 1.165) is 45.6 Å². The first kappa shape index (κ1) is 22.2. The molecule has 142 valence electrons. The van der Waals surface area contributed by atoms with Crippen molar-refractivity contribution in [3.63, 3.8) is 0 Å². The second-order valence-electron chi connectivity index (χ2n) is 7.33. The van der Waals surface area contributed by atoms with E-state index < -0.39 is 0 Å². The normalized spacial score (nSPS) is 20.0. The molecule has 1 amide bonds. The quantitative estimate of drug-likeness (QED) is 0.862. The van der Waals surface area contributed by atoms with Crippen LogP contribution < -0.4 is 5.32 Å². The number of carbonyl (C=O) groups excluding carboxylic acids is 1. The summed E-state index contributed by atoms with van der Waals surface area (Å²) in [6.45, 7) is 6.97. The van der Waals surface area contributed by atoms with E-state index in [1.165, 1.54) is 12.0 Å². The Balaban J connectivity index is 0.00000156. The first-order valence-electron chi connectivity index (χ1n) is 8.83. The molecular formula is C19H31Cl2N3O. The molecule has 0 bridgehead atoms. The maximum absolute atomic E-state index is 12.8. The molecule has 1 unspecified atom stereocenters. The highest BCUT2D eigenvalue weighted by atomic mass is 35.5. The molecule has 0 radical (unpaired) electrons. The molecule has 25 heavy (non-hydrogen) atoms. The first-order valence-corrected chi connectivity index (χ1v) is 8.83. The molecule has 3 rings (SSSR count). The van der Waals surface area contributed by atoms with Gasteiger partial charge in [-0.1, -0.05) is 30.3 Å². The summed E-state index contributed by atoms with van der Waals surface area (Å²) >= 11 is 0. The van der Waals surface area contributed by atoms with Gasteiger partial charge in [0.2, 0.25) is 5.91 Å². The molecule has 1 aromatic carbocycles.